The van der Waals surface area contributed by atoms with Crippen LogP contribution in [-0.4, -0.2) is 33.8 Å². The summed E-state index contributed by atoms with van der Waals surface area (Å²) in [5, 5.41) is 4.01. The molecule has 2 fully saturated rings. The van der Waals surface area contributed by atoms with Gasteiger partial charge in [-0.2, -0.15) is 18.2 Å². The molecule has 2 aromatic rings. The highest BCUT2D eigenvalue weighted by Gasteiger charge is 2.46. The van der Waals surface area contributed by atoms with Gasteiger partial charge in [-0.25, -0.2) is 0 Å². The minimum absolute atomic E-state index is 0.0834. The molecule has 1 aromatic carbocycles. The van der Waals surface area contributed by atoms with Crippen molar-refractivity contribution in [1.82, 2.24) is 15.0 Å². The number of halogens is 3. The van der Waals surface area contributed by atoms with Gasteiger partial charge in [-0.15, -0.1) is 0 Å². The zero-order valence-corrected chi connectivity index (χ0v) is 13.7. The number of alkyl halides is 3. The van der Waals surface area contributed by atoms with Gasteiger partial charge in [-0.1, -0.05) is 35.5 Å². The summed E-state index contributed by atoms with van der Waals surface area (Å²) in [6.07, 6.45) is -2.31. The Labute approximate surface area is 144 Å². The topological polar surface area (TPSA) is 42.2 Å². The van der Waals surface area contributed by atoms with Crippen molar-refractivity contribution in [2.45, 2.75) is 56.3 Å². The van der Waals surface area contributed by atoms with E-state index in [1.807, 2.05) is 18.2 Å². The molecule has 2 aliphatic heterocycles. The first-order valence-electron chi connectivity index (χ1n) is 8.71. The molecule has 0 saturated carbocycles. The monoisotopic (exact) mass is 351 g/mol. The molecule has 0 amide bonds. The van der Waals surface area contributed by atoms with Gasteiger partial charge in [0.1, 0.15) is 0 Å². The van der Waals surface area contributed by atoms with Gasteiger partial charge in [0.15, 0.2) is 5.82 Å². The number of aryl methyl sites for hydroxylation is 1. The van der Waals surface area contributed by atoms with E-state index in [0.717, 1.165) is 25.8 Å². The molecule has 3 heterocycles. The smallest absolute Gasteiger partial charge is 0.339 e. The lowest BCUT2D eigenvalue weighted by Crippen LogP contribution is -2.27. The zero-order valence-electron chi connectivity index (χ0n) is 13.7. The molecule has 134 valence electrons. The normalized spacial score (nSPS) is 26.9. The summed E-state index contributed by atoms with van der Waals surface area (Å²) in [7, 11) is 0. The van der Waals surface area contributed by atoms with E-state index in [2.05, 4.69) is 27.2 Å². The molecule has 7 heteroatoms. The Balaban J connectivity index is 1.52. The number of aromatic nitrogens is 2. The van der Waals surface area contributed by atoms with E-state index in [0.29, 0.717) is 17.9 Å². The van der Waals surface area contributed by atoms with Gasteiger partial charge in [-0.3, -0.25) is 4.90 Å². The highest BCUT2D eigenvalue weighted by atomic mass is 19.4. The van der Waals surface area contributed by atoms with Gasteiger partial charge in [-0.05, 0) is 31.4 Å². The Morgan fingerprint density at radius 2 is 2.00 bits per heavy atom. The van der Waals surface area contributed by atoms with Crippen LogP contribution in [0.25, 0.3) is 0 Å². The molecular weight excluding hydrogens is 331 g/mol. The van der Waals surface area contributed by atoms with Crippen molar-refractivity contribution in [1.29, 1.82) is 0 Å². The van der Waals surface area contributed by atoms with Crippen molar-refractivity contribution in [2.24, 2.45) is 0 Å². The molecule has 0 N–H and O–H groups in total. The minimum atomic E-state index is -4.21. The maximum absolute atomic E-state index is 12.4. The summed E-state index contributed by atoms with van der Waals surface area (Å²) in [6.45, 7) is 1.04. The fourth-order valence-corrected chi connectivity index (χ4v) is 4.22. The minimum Gasteiger partial charge on any atom is -0.339 e. The number of rotatable bonds is 4. The van der Waals surface area contributed by atoms with E-state index in [-0.39, 0.29) is 18.2 Å². The maximum atomic E-state index is 12.4. The van der Waals surface area contributed by atoms with Crippen LogP contribution in [0.3, 0.4) is 0 Å². The Morgan fingerprint density at radius 3 is 2.76 bits per heavy atom. The predicted octanol–water partition coefficient (Wildman–Crippen LogP) is 4.26. The fourth-order valence-electron chi connectivity index (χ4n) is 4.22. The first-order chi connectivity index (χ1) is 12.0. The van der Waals surface area contributed by atoms with Gasteiger partial charge in [0, 0.05) is 24.4 Å². The molecule has 25 heavy (non-hydrogen) atoms. The Morgan fingerprint density at radius 1 is 1.20 bits per heavy atom. The lowest BCUT2D eigenvalue weighted by Gasteiger charge is -2.24. The second kappa shape index (κ2) is 6.44. The first-order valence-corrected chi connectivity index (χ1v) is 8.71. The molecule has 0 spiro atoms. The number of benzene rings is 1. The van der Waals surface area contributed by atoms with Crippen molar-refractivity contribution in [3.05, 3.63) is 47.6 Å². The molecule has 2 saturated heterocycles. The van der Waals surface area contributed by atoms with Crippen LogP contribution in [0.2, 0.25) is 0 Å². The highest BCUT2D eigenvalue weighted by molar-refractivity contribution is 5.24. The summed E-state index contributed by atoms with van der Waals surface area (Å²) < 4.78 is 42.2. The SMILES string of the molecule is FC(F)(F)CCc1nc([C@H]2C[C@@H](c3ccccc3)N3CCC[C@H]23)no1. The van der Waals surface area contributed by atoms with Crippen LogP contribution >= 0.6 is 0 Å². The highest BCUT2D eigenvalue weighted by Crippen LogP contribution is 2.48. The fraction of sp³-hybridized carbons (Fsp3) is 0.556. The van der Waals surface area contributed by atoms with E-state index in [4.69, 9.17) is 4.52 Å². The molecule has 0 unspecified atom stereocenters. The third kappa shape index (κ3) is 3.42. The summed E-state index contributed by atoms with van der Waals surface area (Å²) in [5.74, 6) is 0.767. The number of nitrogens with zero attached hydrogens (tertiary/aromatic N) is 3. The molecule has 1 aromatic heterocycles. The molecule has 3 atom stereocenters. The maximum Gasteiger partial charge on any atom is 0.389 e. The van der Waals surface area contributed by atoms with Crippen LogP contribution < -0.4 is 0 Å². The quantitative estimate of drug-likeness (QED) is 0.825. The summed E-state index contributed by atoms with van der Waals surface area (Å²) in [4.78, 5) is 6.77. The third-order valence-corrected chi connectivity index (χ3v) is 5.31. The molecule has 0 aliphatic carbocycles. The molecular formula is C18H20F3N3O. The number of hydrogen-bond acceptors (Lipinski definition) is 4. The first kappa shape index (κ1) is 16.6. The van der Waals surface area contributed by atoms with Gasteiger partial charge in [0.2, 0.25) is 5.89 Å². The largest absolute Gasteiger partial charge is 0.389 e. The number of hydrogen-bond donors (Lipinski definition) is 0. The van der Waals surface area contributed by atoms with E-state index in [9.17, 15) is 13.2 Å². The Hall–Kier alpha value is -1.89. The molecule has 4 rings (SSSR count). The van der Waals surface area contributed by atoms with Crippen LogP contribution in [0, 0.1) is 0 Å². The zero-order chi connectivity index (χ0) is 17.4. The van der Waals surface area contributed by atoms with Gasteiger partial charge in [0.25, 0.3) is 0 Å². The lowest BCUT2D eigenvalue weighted by atomic mass is 9.94. The lowest BCUT2D eigenvalue weighted by molar-refractivity contribution is -0.134. The van der Waals surface area contributed by atoms with Crippen molar-refractivity contribution >= 4 is 0 Å². The third-order valence-electron chi connectivity index (χ3n) is 5.31. The van der Waals surface area contributed by atoms with Gasteiger partial charge in [0.05, 0.1) is 6.42 Å². The van der Waals surface area contributed by atoms with Crippen molar-refractivity contribution in [3.8, 4) is 0 Å². The second-order valence-corrected chi connectivity index (χ2v) is 6.88. The van der Waals surface area contributed by atoms with Crippen LogP contribution in [-0.2, 0) is 6.42 Å². The van der Waals surface area contributed by atoms with Crippen LogP contribution in [0.15, 0.2) is 34.9 Å². The van der Waals surface area contributed by atoms with Gasteiger partial charge < -0.3 is 4.52 Å². The summed E-state index contributed by atoms with van der Waals surface area (Å²) >= 11 is 0. The summed E-state index contributed by atoms with van der Waals surface area (Å²) in [5.41, 5.74) is 1.28. The predicted molar refractivity (Wildman–Crippen MR) is 84.9 cm³/mol. The molecule has 2 aliphatic rings. The molecule has 0 radical (unpaired) electrons. The molecule has 0 bridgehead atoms. The Bertz CT molecular complexity index is 716. The van der Waals surface area contributed by atoms with Crippen LogP contribution in [0.1, 0.15) is 54.9 Å². The van der Waals surface area contributed by atoms with E-state index < -0.39 is 12.6 Å². The van der Waals surface area contributed by atoms with Gasteiger partial charge >= 0.3 is 6.18 Å². The van der Waals surface area contributed by atoms with E-state index >= 15 is 0 Å². The summed E-state index contributed by atoms with van der Waals surface area (Å²) in [6, 6.07) is 11.0. The Kier molecular flexibility index (Phi) is 4.27. The van der Waals surface area contributed by atoms with E-state index in [1.54, 1.807) is 0 Å². The molecule has 4 nitrogen and oxygen atoms in total. The van der Waals surface area contributed by atoms with Crippen LogP contribution in [0.5, 0.6) is 0 Å². The van der Waals surface area contributed by atoms with Crippen LogP contribution in [0.4, 0.5) is 13.2 Å². The average molecular weight is 351 g/mol. The second-order valence-electron chi connectivity index (χ2n) is 6.88. The standard InChI is InChI=1S/C18H20F3N3O/c19-18(20,21)9-8-16-22-17(23-25-16)13-11-15(12-5-2-1-3-6-12)24-10-4-7-14(13)24/h1-3,5-6,13-15H,4,7-11H2/t13-,14+,15-/m0/s1. The average Bonchev–Trinajstić information content (AvgIpc) is 3.29. The van der Waals surface area contributed by atoms with Crippen molar-refractivity contribution in [2.75, 3.05) is 6.54 Å². The van der Waals surface area contributed by atoms with Crippen molar-refractivity contribution < 1.29 is 17.7 Å². The number of fused-ring (bicyclic) bond motifs is 1. The van der Waals surface area contributed by atoms with Crippen molar-refractivity contribution in [3.63, 3.8) is 0 Å². The van der Waals surface area contributed by atoms with E-state index in [1.165, 1.54) is 5.56 Å².